The summed E-state index contributed by atoms with van der Waals surface area (Å²) in [6, 6.07) is 13.7. The lowest BCUT2D eigenvalue weighted by Crippen LogP contribution is -2.43. The molecule has 1 saturated heterocycles. The summed E-state index contributed by atoms with van der Waals surface area (Å²) in [5.74, 6) is -0.297. The first-order valence-electron chi connectivity index (χ1n) is 8.41. The third-order valence-corrected chi connectivity index (χ3v) is 4.54. The summed E-state index contributed by atoms with van der Waals surface area (Å²) in [6.45, 7) is 0.469. The first-order valence-corrected chi connectivity index (χ1v) is 9.20. The molecule has 27 heavy (non-hydrogen) atoms. The lowest BCUT2D eigenvalue weighted by atomic mass is 10.2. The minimum Gasteiger partial charge on any atom is -0.484 e. The van der Waals surface area contributed by atoms with Crippen LogP contribution in [0.1, 0.15) is 23.2 Å². The van der Waals surface area contributed by atoms with Gasteiger partial charge in [-0.1, -0.05) is 15.9 Å². The van der Waals surface area contributed by atoms with Crippen LogP contribution in [0.15, 0.2) is 53.0 Å². The van der Waals surface area contributed by atoms with Crippen LogP contribution in [0.4, 0.5) is 5.69 Å². The van der Waals surface area contributed by atoms with Gasteiger partial charge in [0.25, 0.3) is 11.8 Å². The zero-order valence-corrected chi connectivity index (χ0v) is 16.0. The van der Waals surface area contributed by atoms with Crippen LogP contribution in [0.2, 0.25) is 0 Å². The summed E-state index contributed by atoms with van der Waals surface area (Å²) in [7, 11) is 0. The highest BCUT2D eigenvalue weighted by molar-refractivity contribution is 9.10. The Bertz CT molecular complexity index is 837. The Morgan fingerprint density at radius 1 is 1.04 bits per heavy atom. The van der Waals surface area contributed by atoms with Crippen LogP contribution in [0, 0.1) is 0 Å². The highest BCUT2D eigenvalue weighted by Gasteiger charge is 2.21. The van der Waals surface area contributed by atoms with E-state index >= 15 is 0 Å². The van der Waals surface area contributed by atoms with Gasteiger partial charge in [-0.25, -0.2) is 0 Å². The van der Waals surface area contributed by atoms with Gasteiger partial charge in [-0.3, -0.25) is 25.2 Å². The summed E-state index contributed by atoms with van der Waals surface area (Å²) in [4.78, 5) is 37.3. The molecule has 1 aliphatic heterocycles. The number of nitrogens with one attached hydrogen (secondary N) is 2. The van der Waals surface area contributed by atoms with E-state index in [0.717, 1.165) is 16.6 Å². The maximum Gasteiger partial charge on any atom is 0.276 e. The highest BCUT2D eigenvalue weighted by Crippen LogP contribution is 2.21. The minimum absolute atomic E-state index is 0.0882. The normalized spacial score (nSPS) is 13.4. The van der Waals surface area contributed by atoms with Gasteiger partial charge in [0.05, 0.1) is 0 Å². The molecule has 3 rings (SSSR count). The Labute approximate surface area is 164 Å². The summed E-state index contributed by atoms with van der Waals surface area (Å²) >= 11 is 3.31. The number of hydrogen-bond donors (Lipinski definition) is 2. The lowest BCUT2D eigenvalue weighted by Gasteiger charge is -2.16. The van der Waals surface area contributed by atoms with Gasteiger partial charge in [0, 0.05) is 28.7 Å². The van der Waals surface area contributed by atoms with E-state index in [1.807, 2.05) is 0 Å². The summed E-state index contributed by atoms with van der Waals surface area (Å²) < 4.78 is 6.23. The monoisotopic (exact) mass is 431 g/mol. The Kier molecular flexibility index (Phi) is 6.08. The number of carbonyl (C=O) groups is 3. The lowest BCUT2D eigenvalue weighted by molar-refractivity contribution is -0.123. The molecule has 0 bridgehead atoms. The number of rotatable bonds is 5. The Balaban J connectivity index is 1.46. The van der Waals surface area contributed by atoms with E-state index in [0.29, 0.717) is 24.3 Å². The van der Waals surface area contributed by atoms with Gasteiger partial charge in [0.1, 0.15) is 5.75 Å². The molecule has 8 heteroatoms. The standard InChI is InChI=1S/C19H18BrN3O4/c20-14-5-9-16(10-6-14)27-12-17(24)21-22-19(26)13-3-7-15(8-4-13)23-11-1-2-18(23)25/h3-10H,1-2,11-12H2,(H,21,24)(H,22,26). The van der Waals surface area contributed by atoms with E-state index in [1.54, 1.807) is 53.4 Å². The number of hydrogen-bond acceptors (Lipinski definition) is 4. The second-order valence-corrected chi connectivity index (χ2v) is 6.86. The Hall–Kier alpha value is -2.87. The molecule has 2 aromatic rings. The van der Waals surface area contributed by atoms with Gasteiger partial charge in [-0.05, 0) is 55.0 Å². The van der Waals surface area contributed by atoms with Crippen molar-refractivity contribution in [2.24, 2.45) is 0 Å². The van der Waals surface area contributed by atoms with Crippen LogP contribution in [0.5, 0.6) is 5.75 Å². The van der Waals surface area contributed by atoms with Gasteiger partial charge >= 0.3 is 0 Å². The molecule has 2 aromatic carbocycles. The van der Waals surface area contributed by atoms with Crippen LogP contribution in [-0.2, 0) is 9.59 Å². The molecule has 1 heterocycles. The smallest absolute Gasteiger partial charge is 0.276 e. The highest BCUT2D eigenvalue weighted by atomic mass is 79.9. The molecule has 1 fully saturated rings. The van der Waals surface area contributed by atoms with Crippen LogP contribution in [0.3, 0.4) is 0 Å². The minimum atomic E-state index is -0.481. The maximum atomic E-state index is 12.1. The van der Waals surface area contributed by atoms with Crippen LogP contribution < -0.4 is 20.5 Å². The van der Waals surface area contributed by atoms with Crippen LogP contribution in [0.25, 0.3) is 0 Å². The van der Waals surface area contributed by atoms with Crippen molar-refractivity contribution < 1.29 is 19.1 Å². The second kappa shape index (κ2) is 8.68. The fourth-order valence-electron chi connectivity index (χ4n) is 2.63. The van der Waals surface area contributed by atoms with Crippen molar-refractivity contribution in [3.05, 3.63) is 58.6 Å². The van der Waals surface area contributed by atoms with Crippen molar-refractivity contribution in [3.8, 4) is 5.75 Å². The van der Waals surface area contributed by atoms with Crippen molar-refractivity contribution in [2.75, 3.05) is 18.1 Å². The zero-order valence-electron chi connectivity index (χ0n) is 14.4. The van der Waals surface area contributed by atoms with E-state index in [-0.39, 0.29) is 12.5 Å². The molecule has 0 aliphatic carbocycles. The van der Waals surface area contributed by atoms with Crippen LogP contribution >= 0.6 is 15.9 Å². The van der Waals surface area contributed by atoms with Crippen molar-refractivity contribution in [2.45, 2.75) is 12.8 Å². The summed E-state index contributed by atoms with van der Waals surface area (Å²) in [6.07, 6.45) is 1.39. The molecule has 0 spiro atoms. The average Bonchev–Trinajstić information content (AvgIpc) is 3.11. The topological polar surface area (TPSA) is 87.7 Å². The quantitative estimate of drug-likeness (QED) is 0.711. The molecular formula is C19H18BrN3O4. The van der Waals surface area contributed by atoms with Crippen LogP contribution in [-0.4, -0.2) is 30.9 Å². The SMILES string of the molecule is O=C(COc1ccc(Br)cc1)NNC(=O)c1ccc(N2CCCC2=O)cc1. The first kappa shape index (κ1) is 18.9. The van der Waals surface area contributed by atoms with E-state index in [4.69, 9.17) is 4.74 Å². The van der Waals surface area contributed by atoms with Gasteiger partial charge in [0.2, 0.25) is 5.91 Å². The maximum absolute atomic E-state index is 12.1. The predicted octanol–water partition coefficient (Wildman–Crippen LogP) is 2.42. The van der Waals surface area contributed by atoms with Crippen molar-refractivity contribution in [3.63, 3.8) is 0 Å². The summed E-state index contributed by atoms with van der Waals surface area (Å²) in [5, 5.41) is 0. The molecule has 3 amide bonds. The fourth-order valence-corrected chi connectivity index (χ4v) is 2.89. The molecule has 1 aliphatic rings. The Morgan fingerprint density at radius 3 is 2.37 bits per heavy atom. The number of ether oxygens (including phenoxy) is 1. The molecule has 0 saturated carbocycles. The number of anilines is 1. The molecule has 2 N–H and O–H groups in total. The van der Waals surface area contributed by atoms with E-state index < -0.39 is 11.8 Å². The number of hydrazine groups is 1. The van der Waals surface area contributed by atoms with E-state index in [2.05, 4.69) is 26.8 Å². The average molecular weight is 432 g/mol. The number of amides is 3. The van der Waals surface area contributed by atoms with E-state index in [9.17, 15) is 14.4 Å². The molecule has 0 aromatic heterocycles. The number of nitrogens with zero attached hydrogens (tertiary/aromatic N) is 1. The van der Waals surface area contributed by atoms with Crippen molar-refractivity contribution in [1.29, 1.82) is 0 Å². The first-order chi connectivity index (χ1) is 13.0. The predicted molar refractivity (Wildman–Crippen MR) is 103 cm³/mol. The molecular weight excluding hydrogens is 414 g/mol. The summed E-state index contributed by atoms with van der Waals surface area (Å²) in [5.41, 5.74) is 5.78. The molecule has 0 atom stereocenters. The zero-order chi connectivity index (χ0) is 19.2. The number of carbonyl (C=O) groups excluding carboxylic acids is 3. The molecule has 7 nitrogen and oxygen atoms in total. The van der Waals surface area contributed by atoms with Gasteiger partial charge in [-0.15, -0.1) is 0 Å². The second-order valence-electron chi connectivity index (χ2n) is 5.94. The molecule has 0 unspecified atom stereocenters. The number of halogens is 1. The van der Waals surface area contributed by atoms with E-state index in [1.165, 1.54) is 0 Å². The van der Waals surface area contributed by atoms with Crippen molar-refractivity contribution >= 4 is 39.3 Å². The third kappa shape index (κ3) is 5.07. The molecule has 0 radical (unpaired) electrons. The van der Waals surface area contributed by atoms with Gasteiger partial charge < -0.3 is 9.64 Å². The number of benzene rings is 2. The third-order valence-electron chi connectivity index (χ3n) is 4.01. The molecule has 140 valence electrons. The van der Waals surface area contributed by atoms with Gasteiger partial charge in [-0.2, -0.15) is 0 Å². The van der Waals surface area contributed by atoms with Gasteiger partial charge in [0.15, 0.2) is 6.61 Å². The Morgan fingerprint density at radius 2 is 1.74 bits per heavy atom. The largest absolute Gasteiger partial charge is 0.484 e. The fraction of sp³-hybridized carbons (Fsp3) is 0.211. The van der Waals surface area contributed by atoms with Crippen molar-refractivity contribution in [1.82, 2.24) is 10.9 Å².